The van der Waals surface area contributed by atoms with Gasteiger partial charge in [0.1, 0.15) is 0 Å². The van der Waals surface area contributed by atoms with Crippen LogP contribution < -0.4 is 0 Å². The number of hydrogen-bond donors (Lipinski definition) is 0. The smallest absolute Gasteiger partial charge is 0.0861 e. The predicted octanol–water partition coefficient (Wildman–Crippen LogP) is 16.8. The molecule has 0 N–H and O–H groups in total. The summed E-state index contributed by atoms with van der Waals surface area (Å²) in [5.41, 5.74) is 5.96. The SMILES string of the molecule is CCCCCCCc1ccc(C(OC(c2ccc(CCCCCCC)cc2)C2CCC(C3CCC(C)CC3)CC2)C2CCC(C3CCC(C)CC3)CC2)cc1. The summed E-state index contributed by atoms with van der Waals surface area (Å²) >= 11 is 0. The van der Waals surface area contributed by atoms with E-state index in [0.29, 0.717) is 11.8 Å². The molecule has 4 fully saturated rings. The van der Waals surface area contributed by atoms with E-state index in [0.717, 1.165) is 35.5 Å². The fourth-order valence-corrected chi connectivity index (χ4v) is 12.0. The minimum atomic E-state index is 0.201. The van der Waals surface area contributed by atoms with Crippen molar-refractivity contribution in [3.05, 3.63) is 70.8 Å². The molecule has 0 radical (unpaired) electrons. The summed E-state index contributed by atoms with van der Waals surface area (Å²) in [7, 11) is 0. The molecule has 1 nitrogen and oxygen atoms in total. The van der Waals surface area contributed by atoms with E-state index < -0.39 is 0 Å². The van der Waals surface area contributed by atoms with Gasteiger partial charge in [0.15, 0.2) is 0 Å². The minimum absolute atomic E-state index is 0.201. The van der Waals surface area contributed by atoms with Crippen molar-refractivity contribution in [3.63, 3.8) is 0 Å². The Bertz CT molecular complexity index is 1180. The molecular weight excluding hydrogens is 665 g/mol. The summed E-state index contributed by atoms with van der Waals surface area (Å²) < 4.78 is 7.82. The predicted molar refractivity (Wildman–Crippen MR) is 238 cm³/mol. The van der Waals surface area contributed by atoms with Crippen molar-refractivity contribution in [2.75, 3.05) is 0 Å². The lowest BCUT2D eigenvalue weighted by Gasteiger charge is -2.43. The van der Waals surface area contributed by atoms with Crippen molar-refractivity contribution in [2.45, 2.75) is 220 Å². The molecule has 0 bridgehead atoms. The molecule has 2 unspecified atom stereocenters. The van der Waals surface area contributed by atoms with Crippen LogP contribution >= 0.6 is 0 Å². The van der Waals surface area contributed by atoms with Gasteiger partial charge in [0, 0.05) is 0 Å². The first-order valence-electron chi connectivity index (χ1n) is 24.8. The molecule has 0 aromatic heterocycles. The maximum absolute atomic E-state index is 7.82. The van der Waals surface area contributed by atoms with E-state index in [1.54, 1.807) is 0 Å². The van der Waals surface area contributed by atoms with Crippen LogP contribution in [0.5, 0.6) is 0 Å². The largest absolute Gasteiger partial charge is 0.365 e. The van der Waals surface area contributed by atoms with Gasteiger partial charge in [-0.15, -0.1) is 0 Å². The molecule has 55 heavy (non-hydrogen) atoms. The second kappa shape index (κ2) is 23.1. The van der Waals surface area contributed by atoms with Gasteiger partial charge in [-0.05, 0) is 172 Å². The molecular formula is C54H86O. The van der Waals surface area contributed by atoms with E-state index in [9.17, 15) is 0 Å². The highest BCUT2D eigenvalue weighted by Crippen LogP contribution is 2.50. The second-order valence-corrected chi connectivity index (χ2v) is 20.2. The van der Waals surface area contributed by atoms with Gasteiger partial charge >= 0.3 is 0 Å². The van der Waals surface area contributed by atoms with Crippen molar-refractivity contribution in [3.8, 4) is 0 Å². The summed E-state index contributed by atoms with van der Waals surface area (Å²) in [6.45, 7) is 9.60. The molecule has 2 aromatic rings. The quantitative estimate of drug-likeness (QED) is 0.122. The summed E-state index contributed by atoms with van der Waals surface area (Å²) in [5.74, 6) is 7.01. The molecule has 0 spiro atoms. The molecule has 4 saturated carbocycles. The number of benzene rings is 2. The summed E-state index contributed by atoms with van der Waals surface area (Å²) in [4.78, 5) is 0. The van der Waals surface area contributed by atoms with Crippen LogP contribution in [0.2, 0.25) is 0 Å². The fourth-order valence-electron chi connectivity index (χ4n) is 12.0. The lowest BCUT2D eigenvalue weighted by Crippen LogP contribution is -2.31. The van der Waals surface area contributed by atoms with Crippen LogP contribution in [0.15, 0.2) is 48.5 Å². The first kappa shape index (κ1) is 43.0. The molecule has 2 aromatic carbocycles. The van der Waals surface area contributed by atoms with Crippen molar-refractivity contribution in [2.24, 2.45) is 47.3 Å². The molecule has 6 rings (SSSR count). The molecule has 2 atom stereocenters. The Morgan fingerprint density at radius 3 is 1.04 bits per heavy atom. The van der Waals surface area contributed by atoms with Gasteiger partial charge in [-0.3, -0.25) is 0 Å². The fraction of sp³-hybridized carbons (Fsp3) is 0.778. The van der Waals surface area contributed by atoms with Crippen LogP contribution in [0, 0.1) is 47.3 Å². The van der Waals surface area contributed by atoms with Crippen LogP contribution in [0.4, 0.5) is 0 Å². The minimum Gasteiger partial charge on any atom is -0.365 e. The zero-order valence-electron chi connectivity index (χ0n) is 36.6. The summed E-state index contributed by atoms with van der Waals surface area (Å²) in [6, 6.07) is 19.9. The number of hydrogen-bond acceptors (Lipinski definition) is 1. The van der Waals surface area contributed by atoms with E-state index in [2.05, 4.69) is 76.2 Å². The first-order chi connectivity index (χ1) is 27.0. The number of ether oxygens (including phenoxy) is 1. The average Bonchev–Trinajstić information content (AvgIpc) is 3.23. The second-order valence-electron chi connectivity index (χ2n) is 20.2. The van der Waals surface area contributed by atoms with Gasteiger partial charge < -0.3 is 4.74 Å². The standard InChI is InChI=1S/C54H86O/c1-5-7-9-11-13-15-43-21-29-49(30-22-43)53(51-37-33-47(34-38-51)45-25-17-41(3)18-26-45)55-54(50-31-23-44(24-32-50)16-14-12-10-8-6-2)52-39-35-48(36-40-52)46-27-19-42(4)20-28-46/h21-24,29-32,41-42,45-48,51-54H,5-20,25-28,33-40H2,1-4H3. The third-order valence-electron chi connectivity index (χ3n) is 16.0. The molecule has 0 saturated heterocycles. The monoisotopic (exact) mass is 751 g/mol. The number of aryl methyl sites for hydroxylation is 2. The zero-order chi connectivity index (χ0) is 38.2. The summed E-state index contributed by atoms with van der Waals surface area (Å²) in [6.07, 6.45) is 39.2. The Morgan fingerprint density at radius 2 is 0.709 bits per heavy atom. The maximum atomic E-state index is 7.82. The molecule has 0 aliphatic heterocycles. The molecule has 4 aliphatic rings. The highest BCUT2D eigenvalue weighted by Gasteiger charge is 2.38. The number of rotatable bonds is 20. The highest BCUT2D eigenvalue weighted by atomic mass is 16.5. The normalized spacial score (nSPS) is 30.2. The van der Waals surface area contributed by atoms with Gasteiger partial charge in [-0.25, -0.2) is 0 Å². The van der Waals surface area contributed by atoms with Crippen molar-refractivity contribution < 1.29 is 4.74 Å². The van der Waals surface area contributed by atoms with Crippen molar-refractivity contribution >= 4 is 0 Å². The lowest BCUT2D eigenvalue weighted by molar-refractivity contribution is -0.0934. The molecule has 4 aliphatic carbocycles. The third-order valence-corrected chi connectivity index (χ3v) is 16.0. The molecule has 0 amide bonds. The van der Waals surface area contributed by atoms with Crippen LogP contribution in [-0.2, 0) is 17.6 Å². The molecule has 308 valence electrons. The van der Waals surface area contributed by atoms with Crippen LogP contribution in [0.1, 0.15) is 229 Å². The van der Waals surface area contributed by atoms with E-state index >= 15 is 0 Å². The van der Waals surface area contributed by atoms with E-state index in [1.165, 1.54) is 202 Å². The zero-order valence-corrected chi connectivity index (χ0v) is 36.6. The van der Waals surface area contributed by atoms with Crippen molar-refractivity contribution in [1.82, 2.24) is 0 Å². The average molecular weight is 751 g/mol. The van der Waals surface area contributed by atoms with Gasteiger partial charge in [-0.1, -0.05) is 153 Å². The lowest BCUT2D eigenvalue weighted by atomic mass is 9.67. The Hall–Kier alpha value is -1.60. The van der Waals surface area contributed by atoms with Crippen molar-refractivity contribution in [1.29, 1.82) is 0 Å². The Labute approximate surface area is 341 Å². The van der Waals surface area contributed by atoms with Gasteiger partial charge in [0.25, 0.3) is 0 Å². The third kappa shape index (κ3) is 13.2. The van der Waals surface area contributed by atoms with E-state index in [-0.39, 0.29) is 12.2 Å². The van der Waals surface area contributed by atoms with Crippen LogP contribution in [0.25, 0.3) is 0 Å². The maximum Gasteiger partial charge on any atom is 0.0861 e. The summed E-state index contributed by atoms with van der Waals surface area (Å²) in [5, 5.41) is 0. The van der Waals surface area contributed by atoms with E-state index in [4.69, 9.17) is 4.74 Å². The Balaban J connectivity index is 1.19. The highest BCUT2D eigenvalue weighted by molar-refractivity contribution is 5.28. The number of unbranched alkanes of at least 4 members (excludes halogenated alkanes) is 8. The van der Waals surface area contributed by atoms with Gasteiger partial charge in [0.05, 0.1) is 12.2 Å². The van der Waals surface area contributed by atoms with Gasteiger partial charge in [-0.2, -0.15) is 0 Å². The Morgan fingerprint density at radius 1 is 0.400 bits per heavy atom. The Kier molecular flexibility index (Phi) is 18.1. The van der Waals surface area contributed by atoms with Gasteiger partial charge in [0.2, 0.25) is 0 Å². The molecule has 0 heterocycles. The van der Waals surface area contributed by atoms with Crippen LogP contribution in [-0.4, -0.2) is 0 Å². The first-order valence-corrected chi connectivity index (χ1v) is 24.8. The topological polar surface area (TPSA) is 9.23 Å². The van der Waals surface area contributed by atoms with E-state index in [1.807, 2.05) is 0 Å². The van der Waals surface area contributed by atoms with Crippen LogP contribution in [0.3, 0.4) is 0 Å². The molecule has 1 heteroatoms.